The van der Waals surface area contributed by atoms with Crippen LogP contribution in [0.1, 0.15) is 25.8 Å². The van der Waals surface area contributed by atoms with Crippen molar-refractivity contribution in [3.63, 3.8) is 0 Å². The van der Waals surface area contributed by atoms with E-state index in [-0.39, 0.29) is 6.61 Å². The number of aliphatic imine (C=N–C) groups is 1. The number of hydrogen-bond acceptors (Lipinski definition) is 10. The molecule has 11 heteroatoms. The monoisotopic (exact) mass is 481 g/mol. The Morgan fingerprint density at radius 1 is 1.24 bits per heavy atom. The Hall–Kier alpha value is -3.65. The second kappa shape index (κ2) is 9.30. The largest absolute Gasteiger partial charge is 0.481 e. The van der Waals surface area contributed by atoms with Crippen molar-refractivity contribution >= 4 is 39.5 Å². The van der Waals surface area contributed by atoms with E-state index in [9.17, 15) is 4.39 Å². The highest BCUT2D eigenvalue weighted by atomic mass is 32.2. The van der Waals surface area contributed by atoms with Gasteiger partial charge in [-0.1, -0.05) is 17.7 Å². The summed E-state index contributed by atoms with van der Waals surface area (Å²) < 4.78 is 24.1. The molecule has 3 aromatic rings. The molecule has 176 valence electrons. The molecule has 1 aliphatic rings. The minimum absolute atomic E-state index is 0.134. The Balaban J connectivity index is 1.71. The lowest BCUT2D eigenvalue weighted by molar-refractivity contribution is 0.310. The number of ether oxygens (including phenoxy) is 2. The maximum atomic E-state index is 13.9. The van der Waals surface area contributed by atoms with Crippen molar-refractivity contribution in [3.05, 3.63) is 36.4 Å². The van der Waals surface area contributed by atoms with Crippen LogP contribution in [0.5, 0.6) is 11.6 Å². The molecular weight excluding hydrogens is 457 g/mol. The van der Waals surface area contributed by atoms with E-state index in [1.807, 2.05) is 19.9 Å². The normalized spacial score (nSPS) is 22.0. The van der Waals surface area contributed by atoms with Gasteiger partial charge in [-0.05, 0) is 26.3 Å². The maximum absolute atomic E-state index is 13.9. The fourth-order valence-corrected chi connectivity index (χ4v) is 5.14. The van der Waals surface area contributed by atoms with Crippen molar-refractivity contribution in [2.75, 3.05) is 25.7 Å². The SMILES string of the molecule is C#CCOc1cnc2c(Nc3cnc(OC)c([C@]4(C)C[C@](C)(CF)SC(N)=N4)c3)ncnc2c1. The Morgan fingerprint density at radius 3 is 2.79 bits per heavy atom. The van der Waals surface area contributed by atoms with Gasteiger partial charge in [0, 0.05) is 11.6 Å². The molecule has 0 bridgehead atoms. The molecule has 34 heavy (non-hydrogen) atoms. The van der Waals surface area contributed by atoms with Gasteiger partial charge >= 0.3 is 0 Å². The number of terminal acetylenes is 1. The number of hydrogen-bond donors (Lipinski definition) is 2. The zero-order chi connectivity index (χ0) is 24.3. The van der Waals surface area contributed by atoms with Crippen LogP contribution in [0.3, 0.4) is 0 Å². The zero-order valence-corrected chi connectivity index (χ0v) is 19.8. The van der Waals surface area contributed by atoms with Gasteiger partial charge in [-0.15, -0.1) is 6.42 Å². The molecule has 0 saturated heterocycles. The number of thioether (sulfide) groups is 1. The second-order valence-electron chi connectivity index (χ2n) is 8.25. The molecular formula is C23H24FN7O2S. The predicted octanol–water partition coefficient (Wildman–Crippen LogP) is 3.58. The fraction of sp³-hybridized carbons (Fsp3) is 0.348. The summed E-state index contributed by atoms with van der Waals surface area (Å²) in [5, 5.41) is 3.56. The summed E-state index contributed by atoms with van der Waals surface area (Å²) in [5.41, 5.74) is 7.68. The quantitative estimate of drug-likeness (QED) is 0.488. The number of nitrogens with zero attached hydrogens (tertiary/aromatic N) is 5. The molecule has 4 rings (SSSR count). The molecule has 3 aromatic heterocycles. The first-order valence-corrected chi connectivity index (χ1v) is 11.2. The van der Waals surface area contributed by atoms with E-state index in [0.717, 1.165) is 0 Å². The topological polar surface area (TPSA) is 120 Å². The van der Waals surface area contributed by atoms with Crippen LogP contribution in [0.4, 0.5) is 15.9 Å². The second-order valence-corrected chi connectivity index (χ2v) is 9.85. The summed E-state index contributed by atoms with van der Waals surface area (Å²) in [5.74, 6) is 3.79. The number of nitrogens with one attached hydrogen (secondary N) is 1. The minimum atomic E-state index is -0.832. The number of alkyl halides is 1. The molecule has 3 N–H and O–H groups in total. The lowest BCUT2D eigenvalue weighted by Gasteiger charge is -2.39. The summed E-state index contributed by atoms with van der Waals surface area (Å²) in [4.78, 5) is 22.1. The number of aromatic nitrogens is 4. The van der Waals surface area contributed by atoms with E-state index in [2.05, 4.69) is 36.2 Å². The van der Waals surface area contributed by atoms with Gasteiger partial charge in [0.15, 0.2) is 11.0 Å². The van der Waals surface area contributed by atoms with Gasteiger partial charge in [-0.2, -0.15) is 0 Å². The van der Waals surface area contributed by atoms with E-state index in [1.165, 1.54) is 25.2 Å². The number of rotatable bonds is 7. The van der Waals surface area contributed by atoms with Crippen molar-refractivity contribution in [1.82, 2.24) is 19.9 Å². The summed E-state index contributed by atoms with van der Waals surface area (Å²) in [6.45, 7) is 3.33. The molecule has 9 nitrogen and oxygen atoms in total. The lowest BCUT2D eigenvalue weighted by Crippen LogP contribution is -2.41. The van der Waals surface area contributed by atoms with Crippen molar-refractivity contribution in [2.24, 2.45) is 10.7 Å². The maximum Gasteiger partial charge on any atom is 0.218 e. The number of anilines is 2. The van der Waals surface area contributed by atoms with Crippen molar-refractivity contribution in [2.45, 2.75) is 30.6 Å². The van der Waals surface area contributed by atoms with Crippen LogP contribution in [0.2, 0.25) is 0 Å². The number of nitrogens with two attached hydrogens (primary N) is 1. The molecule has 0 unspecified atom stereocenters. The van der Waals surface area contributed by atoms with Crippen LogP contribution >= 0.6 is 11.8 Å². The summed E-state index contributed by atoms with van der Waals surface area (Å²) in [6, 6.07) is 3.59. The molecule has 0 spiro atoms. The standard InChI is InChI=1S/C23H24FN7O2S/c1-5-6-33-15-8-17-18(26-10-15)19(29-13-28-17)30-14-7-16(20(32-4)27-9-14)23(3)11-22(2,12-24)34-21(25)31-23/h1,7-10,13H,6,11-12H2,2-4H3,(H2,25,31)(H,28,29,30)/t22-,23+/m1/s1. The average Bonchev–Trinajstić information content (AvgIpc) is 2.82. The third kappa shape index (κ3) is 4.68. The molecule has 4 heterocycles. The third-order valence-corrected chi connectivity index (χ3v) is 6.42. The van der Waals surface area contributed by atoms with Gasteiger partial charge in [0.2, 0.25) is 5.88 Å². The molecule has 0 saturated carbocycles. The van der Waals surface area contributed by atoms with Crippen molar-refractivity contribution in [3.8, 4) is 24.0 Å². The van der Waals surface area contributed by atoms with Gasteiger partial charge in [-0.25, -0.2) is 24.3 Å². The van der Waals surface area contributed by atoms with Gasteiger partial charge in [-0.3, -0.25) is 4.99 Å². The van der Waals surface area contributed by atoms with E-state index < -0.39 is 17.0 Å². The summed E-state index contributed by atoms with van der Waals surface area (Å²) in [7, 11) is 1.53. The summed E-state index contributed by atoms with van der Waals surface area (Å²) >= 11 is 1.24. The number of fused-ring (bicyclic) bond motifs is 1. The van der Waals surface area contributed by atoms with Crippen molar-refractivity contribution in [1.29, 1.82) is 0 Å². The molecule has 0 fully saturated rings. The van der Waals surface area contributed by atoms with Gasteiger partial charge < -0.3 is 20.5 Å². The lowest BCUT2D eigenvalue weighted by atomic mass is 9.84. The summed E-state index contributed by atoms with van der Waals surface area (Å²) in [6.07, 6.45) is 10.3. The Morgan fingerprint density at radius 2 is 2.06 bits per heavy atom. The van der Waals surface area contributed by atoms with Crippen LogP contribution in [-0.2, 0) is 5.54 Å². The molecule has 0 radical (unpaired) electrons. The molecule has 2 atom stereocenters. The first-order valence-electron chi connectivity index (χ1n) is 10.4. The first kappa shape index (κ1) is 23.5. The van der Waals surface area contributed by atoms with E-state index in [4.69, 9.17) is 21.6 Å². The highest BCUT2D eigenvalue weighted by Gasteiger charge is 2.44. The average molecular weight is 482 g/mol. The molecule has 1 aliphatic heterocycles. The minimum Gasteiger partial charge on any atom is -0.481 e. The van der Waals surface area contributed by atoms with E-state index in [0.29, 0.717) is 51.3 Å². The predicted molar refractivity (Wildman–Crippen MR) is 131 cm³/mol. The van der Waals surface area contributed by atoms with Gasteiger partial charge in [0.05, 0.1) is 41.0 Å². The number of amidine groups is 1. The van der Waals surface area contributed by atoms with Crippen molar-refractivity contribution < 1.29 is 13.9 Å². The molecule has 0 aliphatic carbocycles. The van der Waals surface area contributed by atoms with Crippen LogP contribution in [0.25, 0.3) is 11.0 Å². The van der Waals surface area contributed by atoms with E-state index in [1.54, 1.807) is 18.5 Å². The smallest absolute Gasteiger partial charge is 0.218 e. The van der Waals surface area contributed by atoms with E-state index >= 15 is 0 Å². The number of halogens is 1. The van der Waals surface area contributed by atoms with Crippen LogP contribution in [0, 0.1) is 12.3 Å². The fourth-order valence-electron chi connectivity index (χ4n) is 3.98. The number of pyridine rings is 2. The Kier molecular flexibility index (Phi) is 6.43. The zero-order valence-electron chi connectivity index (χ0n) is 19.0. The Bertz CT molecular complexity index is 1300. The third-order valence-electron chi connectivity index (χ3n) is 5.37. The van der Waals surface area contributed by atoms with Crippen LogP contribution < -0.4 is 20.5 Å². The van der Waals surface area contributed by atoms with Gasteiger partial charge in [0.1, 0.15) is 30.9 Å². The highest BCUT2D eigenvalue weighted by molar-refractivity contribution is 8.15. The first-order chi connectivity index (χ1) is 16.3. The van der Waals surface area contributed by atoms with Gasteiger partial charge in [0.25, 0.3) is 0 Å². The Labute approximate surface area is 200 Å². The molecule has 0 amide bonds. The molecule has 0 aromatic carbocycles. The van der Waals surface area contributed by atoms with Crippen LogP contribution in [0.15, 0.2) is 35.8 Å². The number of methoxy groups -OCH3 is 1. The highest BCUT2D eigenvalue weighted by Crippen LogP contribution is 2.47. The van der Waals surface area contributed by atoms with Crippen LogP contribution in [-0.4, -0.2) is 50.2 Å².